The molecule has 3 rings (SSSR count). The first-order valence-electron chi connectivity index (χ1n) is 12.9. The maximum atomic E-state index is 14.4. The van der Waals surface area contributed by atoms with E-state index in [9.17, 15) is 29.4 Å². The van der Waals surface area contributed by atoms with Gasteiger partial charge in [-0.25, -0.2) is 14.8 Å². The molecule has 0 aliphatic carbocycles. The van der Waals surface area contributed by atoms with Crippen LogP contribution in [0.25, 0.3) is 5.70 Å². The molecule has 9 nitrogen and oxygen atoms in total. The summed E-state index contributed by atoms with van der Waals surface area (Å²) in [5.74, 6) is -3.35. The van der Waals surface area contributed by atoms with Gasteiger partial charge in [0.1, 0.15) is 6.04 Å². The van der Waals surface area contributed by atoms with Crippen molar-refractivity contribution in [3.05, 3.63) is 78.0 Å². The Bertz CT molecular complexity index is 1240. The van der Waals surface area contributed by atoms with E-state index in [0.29, 0.717) is 11.1 Å². The molecule has 0 fully saturated rings. The second-order valence-electron chi connectivity index (χ2n) is 11.1. The smallest absolute Gasteiger partial charge is 0.334 e. The Labute approximate surface area is 229 Å². The van der Waals surface area contributed by atoms with E-state index in [1.54, 1.807) is 101 Å². The van der Waals surface area contributed by atoms with Crippen molar-refractivity contribution in [2.24, 2.45) is 11.3 Å². The van der Waals surface area contributed by atoms with Gasteiger partial charge < -0.3 is 15.1 Å². The Morgan fingerprint density at radius 2 is 1.51 bits per heavy atom. The lowest BCUT2D eigenvalue weighted by Gasteiger charge is -2.48. The van der Waals surface area contributed by atoms with Crippen molar-refractivity contribution in [3.8, 4) is 0 Å². The Hall–Kier alpha value is -3.98. The van der Waals surface area contributed by atoms with Crippen LogP contribution in [0.1, 0.15) is 52.7 Å². The molecule has 208 valence electrons. The van der Waals surface area contributed by atoms with E-state index in [2.05, 4.69) is 0 Å². The standard InChI is InChI=1S/C30H37N3O6/c1-19(2)25-27(36)33(24(22-15-11-8-12-16-22)18-31(25)29(39)30(4,5)6)32(20(3)34)23(26(35)28(37)38)17-21-13-9-7-10-14-21/h7-16,18-19,23,25-26,35H,17H2,1-6H3,(H,37,38)/t23-,25?,26?/m0/s1. The van der Waals surface area contributed by atoms with Gasteiger partial charge in [0.15, 0.2) is 6.10 Å². The number of aliphatic carboxylic acids is 1. The number of rotatable bonds is 8. The lowest BCUT2D eigenvalue weighted by atomic mass is 9.90. The number of amides is 3. The van der Waals surface area contributed by atoms with E-state index < -0.39 is 41.4 Å². The number of benzene rings is 2. The molecule has 1 heterocycles. The molecule has 2 N–H and O–H groups in total. The largest absolute Gasteiger partial charge is 0.479 e. The highest BCUT2D eigenvalue weighted by Gasteiger charge is 2.48. The van der Waals surface area contributed by atoms with E-state index in [4.69, 9.17) is 0 Å². The second-order valence-corrected chi connectivity index (χ2v) is 11.1. The Morgan fingerprint density at radius 3 is 1.97 bits per heavy atom. The first-order chi connectivity index (χ1) is 18.3. The van der Waals surface area contributed by atoms with Crippen LogP contribution in [0.4, 0.5) is 0 Å². The Balaban J connectivity index is 2.29. The zero-order valence-electron chi connectivity index (χ0n) is 23.2. The summed E-state index contributed by atoms with van der Waals surface area (Å²) in [5, 5.41) is 22.8. The Morgan fingerprint density at radius 1 is 0.974 bits per heavy atom. The number of hydrogen-bond acceptors (Lipinski definition) is 5. The maximum Gasteiger partial charge on any atom is 0.334 e. The first kappa shape index (κ1) is 29.6. The van der Waals surface area contributed by atoms with Gasteiger partial charge in [-0.1, -0.05) is 95.3 Å². The van der Waals surface area contributed by atoms with Crippen LogP contribution in [0.5, 0.6) is 0 Å². The van der Waals surface area contributed by atoms with Gasteiger partial charge in [-0.3, -0.25) is 14.4 Å². The van der Waals surface area contributed by atoms with E-state index in [0.717, 1.165) is 10.0 Å². The number of nitrogens with zero attached hydrogens (tertiary/aromatic N) is 3. The lowest BCUT2D eigenvalue weighted by Crippen LogP contribution is -2.65. The number of carboxylic acid groups (broad SMARTS) is 1. The van der Waals surface area contributed by atoms with Crippen LogP contribution in [0.3, 0.4) is 0 Å². The molecule has 0 aromatic heterocycles. The number of carbonyl (C=O) groups is 4. The highest BCUT2D eigenvalue weighted by Crippen LogP contribution is 2.35. The van der Waals surface area contributed by atoms with Gasteiger partial charge >= 0.3 is 5.97 Å². The van der Waals surface area contributed by atoms with Crippen LogP contribution < -0.4 is 0 Å². The van der Waals surface area contributed by atoms with E-state index in [1.807, 2.05) is 0 Å². The third-order valence-electron chi connectivity index (χ3n) is 6.59. The zero-order chi connectivity index (χ0) is 29.1. The van der Waals surface area contributed by atoms with Crippen LogP contribution in [0, 0.1) is 11.3 Å². The van der Waals surface area contributed by atoms with Crippen LogP contribution >= 0.6 is 0 Å². The summed E-state index contributed by atoms with van der Waals surface area (Å²) >= 11 is 0. The van der Waals surface area contributed by atoms with Gasteiger partial charge in [-0.2, -0.15) is 0 Å². The fraction of sp³-hybridized carbons (Fsp3) is 0.400. The van der Waals surface area contributed by atoms with Gasteiger partial charge in [-0.15, -0.1) is 0 Å². The Kier molecular flexibility index (Phi) is 8.96. The highest BCUT2D eigenvalue weighted by atomic mass is 16.4. The quantitative estimate of drug-likeness (QED) is 0.534. The van der Waals surface area contributed by atoms with Crippen molar-refractivity contribution >= 4 is 29.4 Å². The van der Waals surface area contributed by atoms with Crippen LogP contribution in [0.2, 0.25) is 0 Å². The third kappa shape index (κ3) is 6.37. The topological polar surface area (TPSA) is 118 Å². The number of aliphatic hydroxyl groups is 1. The average Bonchev–Trinajstić information content (AvgIpc) is 2.88. The number of hydrogen-bond donors (Lipinski definition) is 2. The summed E-state index contributed by atoms with van der Waals surface area (Å²) in [6.07, 6.45) is -0.473. The van der Waals surface area contributed by atoms with E-state index in [1.165, 1.54) is 11.8 Å². The van der Waals surface area contributed by atoms with Crippen molar-refractivity contribution in [1.29, 1.82) is 0 Å². The molecule has 2 aromatic carbocycles. The minimum atomic E-state index is -1.99. The van der Waals surface area contributed by atoms with Crippen LogP contribution in [0.15, 0.2) is 66.9 Å². The number of aliphatic hydroxyl groups excluding tert-OH is 1. The van der Waals surface area contributed by atoms with Gasteiger partial charge in [0.05, 0.1) is 11.7 Å². The molecule has 3 atom stereocenters. The number of carboxylic acids is 1. The van der Waals surface area contributed by atoms with E-state index >= 15 is 0 Å². The fourth-order valence-electron chi connectivity index (χ4n) is 4.71. The molecule has 2 aromatic rings. The van der Waals surface area contributed by atoms with Crippen molar-refractivity contribution in [1.82, 2.24) is 14.9 Å². The van der Waals surface area contributed by atoms with E-state index in [-0.39, 0.29) is 23.9 Å². The first-order valence-corrected chi connectivity index (χ1v) is 12.9. The molecule has 3 amide bonds. The monoisotopic (exact) mass is 535 g/mol. The van der Waals surface area contributed by atoms with Gasteiger partial charge in [0.2, 0.25) is 11.8 Å². The molecule has 0 saturated carbocycles. The van der Waals surface area contributed by atoms with Gasteiger partial charge in [-0.05, 0) is 17.9 Å². The molecule has 0 bridgehead atoms. The summed E-state index contributed by atoms with van der Waals surface area (Å²) in [7, 11) is 0. The molecule has 0 radical (unpaired) electrons. The maximum absolute atomic E-state index is 14.4. The molecule has 9 heteroatoms. The predicted molar refractivity (Wildman–Crippen MR) is 146 cm³/mol. The molecule has 0 spiro atoms. The minimum Gasteiger partial charge on any atom is -0.479 e. The lowest BCUT2D eigenvalue weighted by molar-refractivity contribution is -0.175. The molecule has 1 aliphatic heterocycles. The van der Waals surface area contributed by atoms with Crippen molar-refractivity contribution in [2.45, 2.75) is 66.2 Å². The molecular formula is C30H37N3O6. The summed E-state index contributed by atoms with van der Waals surface area (Å²) < 4.78 is 0. The van der Waals surface area contributed by atoms with Crippen LogP contribution in [-0.2, 0) is 25.6 Å². The molecule has 1 aliphatic rings. The second kappa shape index (κ2) is 11.8. The average molecular weight is 536 g/mol. The fourth-order valence-corrected chi connectivity index (χ4v) is 4.71. The molecule has 0 saturated heterocycles. The number of hydrazine groups is 1. The van der Waals surface area contributed by atoms with Crippen molar-refractivity contribution in [3.63, 3.8) is 0 Å². The summed E-state index contributed by atoms with van der Waals surface area (Å²) in [6.45, 7) is 10.1. The van der Waals surface area contributed by atoms with Gasteiger partial charge in [0, 0.05) is 24.1 Å². The third-order valence-corrected chi connectivity index (χ3v) is 6.59. The summed E-state index contributed by atoms with van der Waals surface area (Å²) in [5.41, 5.74) is 0.632. The SMILES string of the molecule is CC(=O)N([C@@H](Cc1ccccc1)C(O)C(=O)O)N1C(=O)C(C(C)C)N(C(=O)C(C)(C)C)C=C1c1ccccc1. The minimum absolute atomic E-state index is 0.0310. The van der Waals surface area contributed by atoms with Crippen molar-refractivity contribution < 1.29 is 29.4 Å². The summed E-state index contributed by atoms with van der Waals surface area (Å²) in [4.78, 5) is 54.7. The number of carbonyl (C=O) groups excluding carboxylic acids is 3. The zero-order valence-corrected chi connectivity index (χ0v) is 23.2. The predicted octanol–water partition coefficient (Wildman–Crippen LogP) is 3.55. The van der Waals surface area contributed by atoms with Crippen LogP contribution in [-0.4, -0.2) is 67.0 Å². The van der Waals surface area contributed by atoms with Gasteiger partial charge in [0.25, 0.3) is 5.91 Å². The molecule has 2 unspecified atom stereocenters. The molecular weight excluding hydrogens is 498 g/mol. The normalized spacial score (nSPS) is 17.5. The highest BCUT2D eigenvalue weighted by molar-refractivity contribution is 5.99. The van der Waals surface area contributed by atoms with Crippen molar-refractivity contribution in [2.75, 3.05) is 0 Å². The molecule has 39 heavy (non-hydrogen) atoms. The summed E-state index contributed by atoms with van der Waals surface area (Å²) in [6, 6.07) is 15.3.